The van der Waals surface area contributed by atoms with Crippen LogP contribution >= 0.6 is 0 Å². The molecule has 0 aliphatic heterocycles. The summed E-state index contributed by atoms with van der Waals surface area (Å²) in [5.41, 5.74) is 7.73. The second kappa shape index (κ2) is 7.68. The second-order valence-corrected chi connectivity index (χ2v) is 4.04. The minimum absolute atomic E-state index is 0.0200. The molecule has 4 N–H and O–H groups in total. The predicted octanol–water partition coefficient (Wildman–Crippen LogP) is 0.706. The Hall–Kier alpha value is -1.59. The molecule has 0 aliphatic rings. The molecule has 0 atom stereocenters. The summed E-state index contributed by atoms with van der Waals surface area (Å²) in [5.74, 6) is -0.168. The van der Waals surface area contributed by atoms with Gasteiger partial charge in [0, 0.05) is 18.8 Å². The van der Waals surface area contributed by atoms with Crippen molar-refractivity contribution < 1.29 is 14.6 Å². The quantitative estimate of drug-likeness (QED) is 0.493. The van der Waals surface area contributed by atoms with Crippen molar-refractivity contribution in [3.63, 3.8) is 0 Å². The van der Waals surface area contributed by atoms with Gasteiger partial charge in [-0.1, -0.05) is 11.6 Å². The molecule has 0 aromatic heterocycles. The van der Waals surface area contributed by atoms with E-state index in [4.69, 9.17) is 15.6 Å². The lowest BCUT2D eigenvalue weighted by molar-refractivity contribution is 0.0868. The minimum atomic E-state index is -0.168. The Balaban J connectivity index is 2.34. The fraction of sp³-hybridized carbons (Fsp3) is 0.462. The molecule has 1 aromatic carbocycles. The molecule has 0 radical (unpaired) electrons. The number of anilines is 1. The van der Waals surface area contributed by atoms with Crippen LogP contribution in [0.1, 0.15) is 22.3 Å². The smallest absolute Gasteiger partial charge is 0.253 e. The van der Waals surface area contributed by atoms with Crippen LogP contribution in [0.3, 0.4) is 0 Å². The van der Waals surface area contributed by atoms with E-state index in [1.165, 1.54) is 0 Å². The predicted molar refractivity (Wildman–Crippen MR) is 70.4 cm³/mol. The number of carbonyl (C=O) groups excluding carboxylic acids is 1. The Labute approximate surface area is 107 Å². The van der Waals surface area contributed by atoms with E-state index in [0.717, 1.165) is 5.56 Å². The minimum Gasteiger partial charge on any atom is -0.398 e. The summed E-state index contributed by atoms with van der Waals surface area (Å²) in [6.07, 6.45) is 0.706. The largest absolute Gasteiger partial charge is 0.398 e. The first kappa shape index (κ1) is 14.5. The van der Waals surface area contributed by atoms with Gasteiger partial charge in [0.15, 0.2) is 0 Å². The second-order valence-electron chi connectivity index (χ2n) is 4.04. The number of benzene rings is 1. The summed E-state index contributed by atoms with van der Waals surface area (Å²) in [4.78, 5) is 11.8. The van der Waals surface area contributed by atoms with E-state index in [9.17, 15) is 4.79 Å². The van der Waals surface area contributed by atoms with Crippen LogP contribution in [0, 0.1) is 6.92 Å². The van der Waals surface area contributed by atoms with Crippen LogP contribution in [-0.2, 0) is 4.74 Å². The number of nitrogens with two attached hydrogens (primary N) is 1. The number of rotatable bonds is 7. The van der Waals surface area contributed by atoms with Gasteiger partial charge in [0.1, 0.15) is 0 Å². The molecular formula is C13H20N2O3. The first-order valence-corrected chi connectivity index (χ1v) is 5.98. The van der Waals surface area contributed by atoms with Crippen LogP contribution in [-0.4, -0.2) is 37.4 Å². The molecule has 18 heavy (non-hydrogen) atoms. The van der Waals surface area contributed by atoms with Crippen LogP contribution in [0.15, 0.2) is 18.2 Å². The number of ether oxygens (including phenoxy) is 1. The molecule has 0 saturated carbocycles. The molecule has 5 nitrogen and oxygen atoms in total. The summed E-state index contributed by atoms with van der Waals surface area (Å²) in [7, 11) is 0. The topological polar surface area (TPSA) is 84.6 Å². The number of nitrogen functional groups attached to an aromatic ring is 1. The third-order valence-corrected chi connectivity index (χ3v) is 2.44. The van der Waals surface area contributed by atoms with E-state index in [-0.39, 0.29) is 12.5 Å². The number of aliphatic hydroxyl groups excluding tert-OH is 1. The van der Waals surface area contributed by atoms with Gasteiger partial charge in [-0.2, -0.15) is 0 Å². The molecular weight excluding hydrogens is 232 g/mol. The molecule has 1 aromatic rings. The molecule has 1 rings (SSSR count). The van der Waals surface area contributed by atoms with Crippen molar-refractivity contribution in [3.8, 4) is 0 Å². The van der Waals surface area contributed by atoms with Gasteiger partial charge in [-0.25, -0.2) is 0 Å². The fourth-order valence-corrected chi connectivity index (χ4v) is 1.50. The van der Waals surface area contributed by atoms with Gasteiger partial charge in [0.2, 0.25) is 0 Å². The molecule has 1 amide bonds. The Bertz CT molecular complexity index is 394. The van der Waals surface area contributed by atoms with E-state index >= 15 is 0 Å². The third-order valence-electron chi connectivity index (χ3n) is 2.44. The molecule has 100 valence electrons. The van der Waals surface area contributed by atoms with E-state index < -0.39 is 0 Å². The van der Waals surface area contributed by atoms with Gasteiger partial charge in [-0.15, -0.1) is 0 Å². The molecule has 0 heterocycles. The van der Waals surface area contributed by atoms with Crippen molar-refractivity contribution in [2.75, 3.05) is 32.1 Å². The van der Waals surface area contributed by atoms with Crippen molar-refractivity contribution in [2.45, 2.75) is 13.3 Å². The highest BCUT2D eigenvalue weighted by molar-refractivity contribution is 5.99. The van der Waals surface area contributed by atoms with Crippen LogP contribution in [0.25, 0.3) is 0 Å². The highest BCUT2D eigenvalue weighted by atomic mass is 16.5. The van der Waals surface area contributed by atoms with Gasteiger partial charge >= 0.3 is 0 Å². The Kier molecular flexibility index (Phi) is 6.18. The normalized spacial score (nSPS) is 10.3. The van der Waals surface area contributed by atoms with Crippen molar-refractivity contribution >= 4 is 11.6 Å². The maximum absolute atomic E-state index is 11.8. The molecule has 0 unspecified atom stereocenters. The van der Waals surface area contributed by atoms with Gasteiger partial charge < -0.3 is 20.9 Å². The Morgan fingerprint density at radius 1 is 1.44 bits per heavy atom. The zero-order chi connectivity index (χ0) is 13.4. The van der Waals surface area contributed by atoms with E-state index in [1.807, 2.05) is 13.0 Å². The molecule has 0 spiro atoms. The molecule has 0 aliphatic carbocycles. The van der Waals surface area contributed by atoms with Crippen molar-refractivity contribution in [1.29, 1.82) is 0 Å². The first-order valence-electron chi connectivity index (χ1n) is 5.98. The number of aliphatic hydroxyl groups is 1. The molecule has 5 heteroatoms. The summed E-state index contributed by atoms with van der Waals surface area (Å²) in [6, 6.07) is 5.37. The number of hydrogen-bond acceptors (Lipinski definition) is 4. The van der Waals surface area contributed by atoms with Crippen LogP contribution in [0.2, 0.25) is 0 Å². The molecule has 0 fully saturated rings. The van der Waals surface area contributed by atoms with Gasteiger partial charge in [0.25, 0.3) is 5.91 Å². The maximum Gasteiger partial charge on any atom is 0.253 e. The molecule has 0 saturated heterocycles. The molecule has 0 bridgehead atoms. The van der Waals surface area contributed by atoms with E-state index in [0.29, 0.717) is 37.4 Å². The fourth-order valence-electron chi connectivity index (χ4n) is 1.50. The monoisotopic (exact) mass is 252 g/mol. The lowest BCUT2D eigenvalue weighted by Crippen LogP contribution is -2.26. The average Bonchev–Trinajstić information content (AvgIpc) is 2.36. The third kappa shape index (κ3) is 4.73. The highest BCUT2D eigenvalue weighted by Crippen LogP contribution is 2.13. The number of carbonyl (C=O) groups is 1. The summed E-state index contributed by atoms with van der Waals surface area (Å²) in [6.45, 7) is 3.31. The highest BCUT2D eigenvalue weighted by Gasteiger charge is 2.08. The van der Waals surface area contributed by atoms with Gasteiger partial charge in [-0.3, -0.25) is 4.79 Å². The lowest BCUT2D eigenvalue weighted by Gasteiger charge is -2.08. The van der Waals surface area contributed by atoms with Crippen LogP contribution in [0.5, 0.6) is 0 Å². The van der Waals surface area contributed by atoms with E-state index in [1.54, 1.807) is 12.1 Å². The SMILES string of the molecule is Cc1ccc(N)c(C(=O)NCCCOCCO)c1. The standard InChI is InChI=1S/C13H20N2O3/c1-10-3-4-12(14)11(9-10)13(17)15-5-2-7-18-8-6-16/h3-4,9,16H,2,5-8,14H2,1H3,(H,15,17). The van der Waals surface area contributed by atoms with Gasteiger partial charge in [0.05, 0.1) is 18.8 Å². The number of hydrogen-bond donors (Lipinski definition) is 3. The number of aryl methyl sites for hydroxylation is 1. The summed E-state index contributed by atoms with van der Waals surface area (Å²) in [5, 5.41) is 11.3. The average molecular weight is 252 g/mol. The maximum atomic E-state index is 11.8. The zero-order valence-electron chi connectivity index (χ0n) is 10.6. The Morgan fingerprint density at radius 2 is 2.22 bits per heavy atom. The van der Waals surface area contributed by atoms with Crippen molar-refractivity contribution in [3.05, 3.63) is 29.3 Å². The Morgan fingerprint density at radius 3 is 2.94 bits per heavy atom. The lowest BCUT2D eigenvalue weighted by atomic mass is 10.1. The number of nitrogens with one attached hydrogen (secondary N) is 1. The van der Waals surface area contributed by atoms with E-state index in [2.05, 4.69) is 5.32 Å². The summed E-state index contributed by atoms with van der Waals surface area (Å²) < 4.78 is 5.09. The van der Waals surface area contributed by atoms with Crippen molar-refractivity contribution in [1.82, 2.24) is 5.32 Å². The van der Waals surface area contributed by atoms with Crippen LogP contribution in [0.4, 0.5) is 5.69 Å². The summed E-state index contributed by atoms with van der Waals surface area (Å²) >= 11 is 0. The van der Waals surface area contributed by atoms with Gasteiger partial charge in [-0.05, 0) is 25.5 Å². The zero-order valence-corrected chi connectivity index (χ0v) is 10.6. The number of amides is 1. The first-order chi connectivity index (χ1) is 8.65. The van der Waals surface area contributed by atoms with Crippen molar-refractivity contribution in [2.24, 2.45) is 0 Å². The van der Waals surface area contributed by atoms with Crippen LogP contribution < -0.4 is 11.1 Å².